The molecule has 0 radical (unpaired) electrons. The van der Waals surface area contributed by atoms with E-state index in [1.807, 2.05) is 48.5 Å². The summed E-state index contributed by atoms with van der Waals surface area (Å²) in [6.45, 7) is 0.354. The van der Waals surface area contributed by atoms with Gasteiger partial charge in [-0.05, 0) is 41.6 Å². The molecule has 1 aliphatic heterocycles. The van der Waals surface area contributed by atoms with E-state index in [1.54, 1.807) is 25.3 Å². The zero-order valence-corrected chi connectivity index (χ0v) is 17.5. The number of ether oxygens (including phenoxy) is 2. The number of nitrogens with zero attached hydrogens (tertiary/aromatic N) is 1. The number of benzene rings is 2. The zero-order valence-electron chi connectivity index (χ0n) is 15.1. The van der Waals surface area contributed by atoms with Gasteiger partial charge in [0.15, 0.2) is 11.5 Å². The third-order valence-corrected chi connectivity index (χ3v) is 5.25. The zero-order chi connectivity index (χ0) is 19.9. The summed E-state index contributed by atoms with van der Waals surface area (Å²) in [7, 11) is 1.56. The molecule has 1 heterocycles. The second-order valence-corrected chi connectivity index (χ2v) is 7.68. The van der Waals surface area contributed by atoms with E-state index in [0.717, 1.165) is 21.8 Å². The number of rotatable bonds is 7. The van der Waals surface area contributed by atoms with Gasteiger partial charge in [0.25, 0.3) is 11.1 Å². The van der Waals surface area contributed by atoms with E-state index in [2.05, 4.69) is 15.9 Å². The van der Waals surface area contributed by atoms with Gasteiger partial charge in [0, 0.05) is 4.48 Å². The van der Waals surface area contributed by atoms with Gasteiger partial charge < -0.3 is 9.47 Å². The molecule has 7 heteroatoms. The van der Waals surface area contributed by atoms with Crippen molar-refractivity contribution in [2.75, 3.05) is 20.3 Å². The predicted molar refractivity (Wildman–Crippen MR) is 115 cm³/mol. The van der Waals surface area contributed by atoms with Crippen LogP contribution in [0, 0.1) is 0 Å². The van der Waals surface area contributed by atoms with Gasteiger partial charge in [0.05, 0.1) is 18.6 Å². The third-order valence-electron chi connectivity index (χ3n) is 3.89. The van der Waals surface area contributed by atoms with Crippen molar-refractivity contribution >= 4 is 44.9 Å². The molecular weight excluding hydrogens is 442 g/mol. The Balaban J connectivity index is 1.62. The molecule has 1 fully saturated rings. The first kappa shape index (κ1) is 20.2. The standard InChI is InChI=1S/C21H18BrNO4S/c1-26-17-9-5-6-10-18(17)27-12-11-23-20(24)19(28-21(23)25)14-16(22)13-15-7-3-2-4-8-15/h2-10,13-14H,11-12H2,1H3/b16-13-,19-14-. The van der Waals surface area contributed by atoms with Crippen molar-refractivity contribution < 1.29 is 19.1 Å². The fourth-order valence-corrected chi connectivity index (χ4v) is 4.05. The quantitative estimate of drug-likeness (QED) is 0.539. The summed E-state index contributed by atoms with van der Waals surface area (Å²) >= 11 is 4.36. The smallest absolute Gasteiger partial charge is 0.293 e. The Hall–Kier alpha value is -2.51. The summed E-state index contributed by atoms with van der Waals surface area (Å²) in [5.74, 6) is 0.851. The van der Waals surface area contributed by atoms with E-state index in [1.165, 1.54) is 4.90 Å². The van der Waals surface area contributed by atoms with Crippen molar-refractivity contribution in [3.8, 4) is 11.5 Å². The number of imide groups is 1. The van der Waals surface area contributed by atoms with E-state index < -0.39 is 0 Å². The van der Waals surface area contributed by atoms with Gasteiger partial charge in [0.2, 0.25) is 0 Å². The Labute approximate surface area is 176 Å². The molecule has 0 aromatic heterocycles. The minimum absolute atomic E-state index is 0.167. The molecule has 0 N–H and O–H groups in total. The Bertz CT molecular complexity index is 927. The van der Waals surface area contributed by atoms with Crippen LogP contribution in [0.4, 0.5) is 4.79 Å². The van der Waals surface area contributed by atoms with Crippen molar-refractivity contribution in [1.29, 1.82) is 0 Å². The normalized spacial score (nSPS) is 16.0. The number of halogens is 1. The SMILES string of the molecule is COc1ccccc1OCCN1C(=O)S/C(=C\C(Br)=C\c2ccccc2)C1=O. The highest BCUT2D eigenvalue weighted by atomic mass is 79.9. The number of allylic oxidation sites excluding steroid dienone is 2. The van der Waals surface area contributed by atoms with Gasteiger partial charge in [-0.3, -0.25) is 14.5 Å². The minimum Gasteiger partial charge on any atom is -0.493 e. The average Bonchev–Trinajstić information content (AvgIpc) is 2.96. The van der Waals surface area contributed by atoms with Crippen molar-refractivity contribution in [2.45, 2.75) is 0 Å². The van der Waals surface area contributed by atoms with Gasteiger partial charge in [-0.1, -0.05) is 58.4 Å². The Morgan fingerprint density at radius 1 is 1.07 bits per heavy atom. The van der Waals surface area contributed by atoms with Crippen LogP contribution in [0.3, 0.4) is 0 Å². The Kier molecular flexibility index (Phi) is 6.95. The number of para-hydroxylation sites is 2. The summed E-state index contributed by atoms with van der Waals surface area (Å²) in [5, 5.41) is -0.306. The number of hydrogen-bond donors (Lipinski definition) is 0. The summed E-state index contributed by atoms with van der Waals surface area (Å²) < 4.78 is 11.6. The molecule has 1 aliphatic rings. The van der Waals surface area contributed by atoms with Gasteiger partial charge in [-0.15, -0.1) is 0 Å². The third kappa shape index (κ3) is 5.05. The number of thioether (sulfide) groups is 1. The monoisotopic (exact) mass is 459 g/mol. The fourth-order valence-electron chi connectivity index (χ4n) is 2.55. The van der Waals surface area contributed by atoms with Crippen LogP contribution in [-0.4, -0.2) is 36.3 Å². The largest absolute Gasteiger partial charge is 0.493 e. The van der Waals surface area contributed by atoms with Crippen molar-refractivity contribution in [2.24, 2.45) is 0 Å². The van der Waals surface area contributed by atoms with E-state index in [0.29, 0.717) is 16.4 Å². The molecule has 2 amide bonds. The Morgan fingerprint density at radius 2 is 1.75 bits per heavy atom. The highest BCUT2D eigenvalue weighted by molar-refractivity contribution is 9.12. The molecule has 0 spiro atoms. The van der Waals surface area contributed by atoms with Crippen molar-refractivity contribution in [3.63, 3.8) is 0 Å². The second kappa shape index (κ2) is 9.61. The van der Waals surface area contributed by atoms with Gasteiger partial charge >= 0.3 is 0 Å². The average molecular weight is 460 g/mol. The number of carbonyl (C=O) groups excluding carboxylic acids is 2. The highest BCUT2D eigenvalue weighted by Gasteiger charge is 2.34. The first-order valence-corrected chi connectivity index (χ1v) is 10.1. The molecule has 0 bridgehead atoms. The van der Waals surface area contributed by atoms with E-state index in [4.69, 9.17) is 9.47 Å². The number of carbonyl (C=O) groups is 2. The maximum absolute atomic E-state index is 12.6. The molecule has 1 saturated heterocycles. The van der Waals surface area contributed by atoms with Crippen LogP contribution in [0.25, 0.3) is 6.08 Å². The fraction of sp³-hybridized carbons (Fsp3) is 0.143. The second-order valence-electron chi connectivity index (χ2n) is 5.77. The molecular formula is C21H18BrNO4S. The first-order chi connectivity index (χ1) is 13.6. The van der Waals surface area contributed by atoms with Gasteiger partial charge in [0.1, 0.15) is 6.61 Å². The molecule has 3 rings (SSSR count). The molecule has 2 aromatic carbocycles. The van der Waals surface area contributed by atoms with E-state index >= 15 is 0 Å². The lowest BCUT2D eigenvalue weighted by atomic mass is 10.2. The lowest BCUT2D eigenvalue weighted by Gasteiger charge is -2.14. The molecule has 144 valence electrons. The predicted octanol–water partition coefficient (Wildman–Crippen LogP) is 5.09. The van der Waals surface area contributed by atoms with Crippen molar-refractivity contribution in [3.05, 3.63) is 75.6 Å². The van der Waals surface area contributed by atoms with Crippen LogP contribution < -0.4 is 9.47 Å². The molecule has 0 atom stereocenters. The van der Waals surface area contributed by atoms with Crippen LogP contribution in [-0.2, 0) is 4.79 Å². The van der Waals surface area contributed by atoms with E-state index in [-0.39, 0.29) is 24.3 Å². The van der Waals surface area contributed by atoms with Crippen LogP contribution in [0.2, 0.25) is 0 Å². The lowest BCUT2D eigenvalue weighted by molar-refractivity contribution is -0.123. The van der Waals surface area contributed by atoms with Crippen molar-refractivity contribution in [1.82, 2.24) is 4.90 Å². The Morgan fingerprint density at radius 3 is 2.46 bits per heavy atom. The molecule has 0 aliphatic carbocycles. The molecule has 2 aromatic rings. The maximum atomic E-state index is 12.6. The number of methoxy groups -OCH3 is 1. The summed E-state index contributed by atoms with van der Waals surface area (Å²) in [6.07, 6.45) is 3.55. The molecule has 28 heavy (non-hydrogen) atoms. The van der Waals surface area contributed by atoms with E-state index in [9.17, 15) is 9.59 Å². The van der Waals surface area contributed by atoms with Gasteiger partial charge in [-0.25, -0.2) is 0 Å². The first-order valence-electron chi connectivity index (χ1n) is 8.52. The van der Waals surface area contributed by atoms with Crippen LogP contribution in [0.1, 0.15) is 5.56 Å². The molecule has 0 unspecified atom stereocenters. The maximum Gasteiger partial charge on any atom is 0.293 e. The summed E-state index contributed by atoms with van der Waals surface area (Å²) in [5.41, 5.74) is 0.995. The topological polar surface area (TPSA) is 55.8 Å². The minimum atomic E-state index is -0.322. The van der Waals surface area contributed by atoms with Crippen LogP contribution in [0.15, 0.2) is 70.1 Å². The molecule has 0 saturated carbocycles. The van der Waals surface area contributed by atoms with Crippen LogP contribution >= 0.6 is 27.7 Å². The van der Waals surface area contributed by atoms with Crippen LogP contribution in [0.5, 0.6) is 11.5 Å². The number of hydrogen-bond acceptors (Lipinski definition) is 5. The number of amides is 2. The van der Waals surface area contributed by atoms with Gasteiger partial charge in [-0.2, -0.15) is 0 Å². The highest BCUT2D eigenvalue weighted by Crippen LogP contribution is 2.33. The summed E-state index contributed by atoms with van der Waals surface area (Å²) in [6, 6.07) is 16.9. The molecule has 5 nitrogen and oxygen atoms in total. The lowest BCUT2D eigenvalue weighted by Crippen LogP contribution is -2.32. The summed E-state index contributed by atoms with van der Waals surface area (Å²) in [4.78, 5) is 26.3.